The van der Waals surface area contributed by atoms with Crippen LogP contribution in [0, 0.1) is 23.2 Å². The van der Waals surface area contributed by atoms with Gasteiger partial charge in [-0.1, -0.05) is 0 Å². The van der Waals surface area contributed by atoms with Gasteiger partial charge in [-0.15, -0.1) is 0 Å². The molecule has 4 rings (SSSR count). The van der Waals surface area contributed by atoms with Gasteiger partial charge in [0.05, 0.1) is 5.75 Å². The molecule has 5 heteroatoms. The molecule has 122 valence electrons. The zero-order chi connectivity index (χ0) is 15.3. The lowest BCUT2D eigenvalue weighted by atomic mass is 9.48. The Morgan fingerprint density at radius 3 is 2.05 bits per heavy atom. The van der Waals surface area contributed by atoms with Gasteiger partial charge in [-0.2, -0.15) is 0 Å². The van der Waals surface area contributed by atoms with E-state index >= 15 is 0 Å². The highest BCUT2D eigenvalue weighted by Gasteiger charge is 2.53. The number of nitrogens with zero attached hydrogens (tertiary/aromatic N) is 1. The van der Waals surface area contributed by atoms with E-state index in [0.717, 1.165) is 24.3 Å². The molecule has 0 heterocycles. The number of sulfone groups is 1. The number of likely N-dealkylation sites (N-methyl/N-ethyl adjacent to an activating group) is 1. The van der Waals surface area contributed by atoms with Crippen LogP contribution in [0.15, 0.2) is 0 Å². The van der Waals surface area contributed by atoms with Gasteiger partial charge in [-0.05, 0) is 68.7 Å². The van der Waals surface area contributed by atoms with Gasteiger partial charge >= 0.3 is 0 Å². The molecule has 1 atom stereocenters. The minimum atomic E-state index is -2.88. The molecular weight excluding hydrogens is 284 g/mol. The largest absolute Gasteiger partial charge is 0.326 e. The van der Waals surface area contributed by atoms with Gasteiger partial charge in [0.2, 0.25) is 0 Å². The predicted molar refractivity (Wildman–Crippen MR) is 85.8 cm³/mol. The summed E-state index contributed by atoms with van der Waals surface area (Å²) in [6.07, 6.45) is 9.59. The zero-order valence-electron chi connectivity index (χ0n) is 13.4. The van der Waals surface area contributed by atoms with Gasteiger partial charge in [0.25, 0.3) is 0 Å². The zero-order valence-corrected chi connectivity index (χ0v) is 14.2. The predicted octanol–water partition coefficient (Wildman–Crippen LogP) is 1.51. The Kier molecular flexibility index (Phi) is 4.13. The van der Waals surface area contributed by atoms with Crippen LogP contribution in [0.1, 0.15) is 38.5 Å². The van der Waals surface area contributed by atoms with E-state index in [1.165, 1.54) is 44.8 Å². The standard InChI is InChI=1S/C16H30N2O2S/c1-18(3-4-21(2,19)20)11-15(17)16-8-12-5-13(9-16)7-14(6-12)10-16/h12-15H,3-11,17H2,1-2H3. The molecule has 4 nitrogen and oxygen atoms in total. The van der Waals surface area contributed by atoms with E-state index in [4.69, 9.17) is 5.73 Å². The van der Waals surface area contributed by atoms with Gasteiger partial charge in [-0.3, -0.25) is 0 Å². The number of hydrogen-bond donors (Lipinski definition) is 1. The molecule has 4 bridgehead atoms. The highest BCUT2D eigenvalue weighted by atomic mass is 32.2. The van der Waals surface area contributed by atoms with Crippen LogP contribution in [-0.2, 0) is 9.84 Å². The van der Waals surface area contributed by atoms with Crippen molar-refractivity contribution in [1.29, 1.82) is 0 Å². The fourth-order valence-electron chi connectivity index (χ4n) is 5.57. The highest BCUT2D eigenvalue weighted by Crippen LogP contribution is 2.60. The average molecular weight is 314 g/mol. The summed E-state index contributed by atoms with van der Waals surface area (Å²) in [6, 6.07) is 0.204. The Morgan fingerprint density at radius 2 is 1.62 bits per heavy atom. The van der Waals surface area contributed by atoms with Crippen molar-refractivity contribution < 1.29 is 8.42 Å². The first-order valence-electron chi connectivity index (χ1n) is 8.38. The molecular formula is C16H30N2O2S. The maximum absolute atomic E-state index is 11.3. The topological polar surface area (TPSA) is 63.4 Å². The smallest absolute Gasteiger partial charge is 0.148 e. The monoisotopic (exact) mass is 314 g/mol. The third kappa shape index (κ3) is 3.45. The fraction of sp³-hybridized carbons (Fsp3) is 1.00. The maximum atomic E-state index is 11.3. The average Bonchev–Trinajstić information content (AvgIpc) is 2.34. The Balaban J connectivity index is 1.59. The van der Waals surface area contributed by atoms with Crippen molar-refractivity contribution >= 4 is 9.84 Å². The first kappa shape index (κ1) is 15.8. The molecule has 21 heavy (non-hydrogen) atoms. The van der Waals surface area contributed by atoms with Crippen LogP contribution in [0.2, 0.25) is 0 Å². The van der Waals surface area contributed by atoms with E-state index in [-0.39, 0.29) is 11.8 Å². The van der Waals surface area contributed by atoms with Crippen molar-refractivity contribution in [3.05, 3.63) is 0 Å². The first-order valence-corrected chi connectivity index (χ1v) is 10.4. The molecule has 0 aliphatic heterocycles. The van der Waals surface area contributed by atoms with E-state index in [1.54, 1.807) is 0 Å². The van der Waals surface area contributed by atoms with Gasteiger partial charge in [0.15, 0.2) is 0 Å². The van der Waals surface area contributed by atoms with Crippen molar-refractivity contribution in [2.75, 3.05) is 32.1 Å². The van der Waals surface area contributed by atoms with Gasteiger partial charge < -0.3 is 10.6 Å². The Labute approximate surface area is 129 Å². The van der Waals surface area contributed by atoms with Crippen molar-refractivity contribution in [3.63, 3.8) is 0 Å². The molecule has 4 aliphatic rings. The second-order valence-electron chi connectivity index (χ2n) is 8.28. The molecule has 4 fully saturated rings. The summed E-state index contributed by atoms with van der Waals surface area (Å²) in [7, 11) is -0.877. The third-order valence-electron chi connectivity index (χ3n) is 6.22. The number of nitrogens with two attached hydrogens (primary N) is 1. The van der Waals surface area contributed by atoms with Crippen LogP contribution in [0.25, 0.3) is 0 Å². The molecule has 0 saturated heterocycles. The molecule has 1 unspecified atom stereocenters. The summed E-state index contributed by atoms with van der Waals surface area (Å²) < 4.78 is 22.6. The third-order valence-corrected chi connectivity index (χ3v) is 7.15. The van der Waals surface area contributed by atoms with E-state index < -0.39 is 9.84 Å². The lowest BCUT2D eigenvalue weighted by Crippen LogP contribution is -2.57. The molecule has 0 spiro atoms. The number of hydrogen-bond acceptors (Lipinski definition) is 4. The van der Waals surface area contributed by atoms with Crippen molar-refractivity contribution in [2.24, 2.45) is 28.9 Å². The van der Waals surface area contributed by atoms with Crippen LogP contribution in [-0.4, -0.2) is 51.5 Å². The van der Waals surface area contributed by atoms with E-state index in [2.05, 4.69) is 4.90 Å². The Hall–Kier alpha value is -0.130. The van der Waals surface area contributed by atoms with Crippen LogP contribution in [0.4, 0.5) is 0 Å². The molecule has 2 N–H and O–H groups in total. The SMILES string of the molecule is CN(CCS(C)(=O)=O)CC(N)C12CC3CC(CC(C3)C1)C2. The van der Waals surface area contributed by atoms with E-state index in [9.17, 15) is 8.42 Å². The summed E-state index contributed by atoms with van der Waals surface area (Å²) >= 11 is 0. The molecule has 0 amide bonds. The van der Waals surface area contributed by atoms with Crippen molar-refractivity contribution in [1.82, 2.24) is 4.90 Å². The van der Waals surface area contributed by atoms with Crippen LogP contribution < -0.4 is 5.73 Å². The second-order valence-corrected chi connectivity index (χ2v) is 10.5. The highest BCUT2D eigenvalue weighted by molar-refractivity contribution is 7.90. The minimum Gasteiger partial charge on any atom is -0.326 e. The molecule has 0 aromatic carbocycles. The van der Waals surface area contributed by atoms with E-state index in [0.29, 0.717) is 12.0 Å². The van der Waals surface area contributed by atoms with Crippen molar-refractivity contribution in [2.45, 2.75) is 44.6 Å². The normalized spacial score (nSPS) is 39.9. The van der Waals surface area contributed by atoms with Gasteiger partial charge in [0.1, 0.15) is 9.84 Å². The summed E-state index contributed by atoms with van der Waals surface area (Å²) in [5.74, 6) is 2.99. The van der Waals surface area contributed by atoms with Crippen LogP contribution >= 0.6 is 0 Å². The Morgan fingerprint density at radius 1 is 1.14 bits per heavy atom. The second kappa shape index (κ2) is 5.50. The lowest BCUT2D eigenvalue weighted by molar-refractivity contribution is -0.0704. The van der Waals surface area contributed by atoms with Gasteiger partial charge in [-0.25, -0.2) is 8.42 Å². The first-order chi connectivity index (χ1) is 9.76. The summed E-state index contributed by atoms with van der Waals surface area (Å²) in [4.78, 5) is 2.12. The number of rotatable bonds is 6. The quantitative estimate of drug-likeness (QED) is 0.807. The van der Waals surface area contributed by atoms with E-state index in [1.807, 2.05) is 7.05 Å². The van der Waals surface area contributed by atoms with Crippen molar-refractivity contribution in [3.8, 4) is 0 Å². The lowest BCUT2D eigenvalue weighted by Gasteiger charge is -2.59. The molecule has 0 radical (unpaired) electrons. The maximum Gasteiger partial charge on any atom is 0.148 e. The molecule has 0 aromatic heterocycles. The summed E-state index contributed by atoms with van der Waals surface area (Å²) in [6.45, 7) is 1.43. The molecule has 4 aliphatic carbocycles. The van der Waals surface area contributed by atoms with Gasteiger partial charge in [0, 0.05) is 25.4 Å². The Bertz CT molecular complexity index is 453. The summed E-state index contributed by atoms with van der Waals surface area (Å²) in [5, 5.41) is 0. The summed E-state index contributed by atoms with van der Waals surface area (Å²) in [5.41, 5.74) is 6.98. The molecule has 0 aromatic rings. The van der Waals surface area contributed by atoms with Crippen LogP contribution in [0.3, 0.4) is 0 Å². The van der Waals surface area contributed by atoms with Crippen LogP contribution in [0.5, 0.6) is 0 Å². The molecule has 4 saturated carbocycles. The minimum absolute atomic E-state index is 0.204. The fourth-order valence-corrected chi connectivity index (χ4v) is 6.22.